The number of nitrogens with one attached hydrogen (secondary N) is 1. The predicted octanol–water partition coefficient (Wildman–Crippen LogP) is 2.57. The van der Waals surface area contributed by atoms with E-state index in [1.165, 1.54) is 11.3 Å². The van der Waals surface area contributed by atoms with Crippen molar-refractivity contribution in [3.63, 3.8) is 0 Å². The zero-order valence-electron chi connectivity index (χ0n) is 14.5. The molecule has 3 N–H and O–H groups in total. The molecule has 1 aliphatic rings. The molecule has 0 aliphatic carbocycles. The summed E-state index contributed by atoms with van der Waals surface area (Å²) in [6.45, 7) is 4.93. The van der Waals surface area contributed by atoms with Crippen LogP contribution in [-0.2, 0) is 11.2 Å². The number of nitrogens with zero attached hydrogens (tertiary/aromatic N) is 1. The molecule has 1 amide bonds. The van der Waals surface area contributed by atoms with Crippen LogP contribution in [0, 0.1) is 5.92 Å². The first-order chi connectivity index (χ1) is 12.0. The van der Waals surface area contributed by atoms with Crippen LogP contribution in [0.5, 0.6) is 11.5 Å². The Hall–Kier alpha value is -2.12. The number of rotatable bonds is 7. The van der Waals surface area contributed by atoms with Gasteiger partial charge in [0.05, 0.1) is 12.1 Å². The third kappa shape index (κ3) is 4.49. The van der Waals surface area contributed by atoms with Crippen LogP contribution >= 0.6 is 11.3 Å². The second-order valence-electron chi connectivity index (χ2n) is 6.52. The molecule has 1 unspecified atom stereocenters. The first kappa shape index (κ1) is 17.7. The van der Waals surface area contributed by atoms with Crippen LogP contribution in [-0.4, -0.2) is 30.3 Å². The number of amides is 1. The summed E-state index contributed by atoms with van der Waals surface area (Å²) in [6, 6.07) is 5.75. The lowest BCUT2D eigenvalue weighted by Gasteiger charge is -2.18. The number of ether oxygens (including phenoxy) is 2. The summed E-state index contributed by atoms with van der Waals surface area (Å²) in [5.74, 6) is 1.92. The fourth-order valence-electron chi connectivity index (χ4n) is 2.78. The van der Waals surface area contributed by atoms with E-state index in [4.69, 9.17) is 15.2 Å². The molecule has 3 rings (SSSR count). The van der Waals surface area contributed by atoms with Gasteiger partial charge in [0.1, 0.15) is 5.01 Å². The monoisotopic (exact) mass is 361 g/mol. The first-order valence-corrected chi connectivity index (χ1v) is 9.27. The van der Waals surface area contributed by atoms with Crippen molar-refractivity contribution >= 4 is 17.2 Å². The Morgan fingerprint density at radius 1 is 1.36 bits per heavy atom. The van der Waals surface area contributed by atoms with E-state index in [1.54, 1.807) is 0 Å². The summed E-state index contributed by atoms with van der Waals surface area (Å²) in [4.78, 5) is 16.8. The second-order valence-corrected chi connectivity index (χ2v) is 7.38. The minimum Gasteiger partial charge on any atom is -0.454 e. The van der Waals surface area contributed by atoms with Crippen LogP contribution in [0.2, 0.25) is 0 Å². The summed E-state index contributed by atoms with van der Waals surface area (Å²) >= 11 is 1.51. The van der Waals surface area contributed by atoms with Crippen molar-refractivity contribution in [3.05, 3.63) is 29.3 Å². The number of carbonyl (C=O) groups is 1. The van der Waals surface area contributed by atoms with Gasteiger partial charge in [-0.25, -0.2) is 4.98 Å². The number of nitrogens with two attached hydrogens (primary N) is 1. The van der Waals surface area contributed by atoms with Gasteiger partial charge < -0.3 is 20.5 Å². The Kier molecular flexibility index (Phi) is 5.55. The van der Waals surface area contributed by atoms with Gasteiger partial charge in [0.15, 0.2) is 11.5 Å². The lowest BCUT2D eigenvalue weighted by molar-refractivity contribution is -0.121. The Morgan fingerprint density at radius 3 is 2.92 bits per heavy atom. The first-order valence-electron chi connectivity index (χ1n) is 8.39. The highest BCUT2D eigenvalue weighted by Gasteiger charge is 2.17. The van der Waals surface area contributed by atoms with Gasteiger partial charge in [-0.2, -0.15) is 0 Å². The van der Waals surface area contributed by atoms with Crippen LogP contribution in [0.15, 0.2) is 23.6 Å². The van der Waals surface area contributed by atoms with Crippen molar-refractivity contribution in [1.82, 2.24) is 10.3 Å². The Balaban J connectivity index is 1.62. The van der Waals surface area contributed by atoms with Crippen LogP contribution < -0.4 is 20.5 Å². The van der Waals surface area contributed by atoms with Crippen LogP contribution in [0.3, 0.4) is 0 Å². The largest absolute Gasteiger partial charge is 0.454 e. The van der Waals surface area contributed by atoms with Crippen molar-refractivity contribution in [2.24, 2.45) is 11.7 Å². The van der Waals surface area contributed by atoms with Gasteiger partial charge in [-0.05, 0) is 30.5 Å². The maximum Gasteiger partial charge on any atom is 0.231 e. The maximum atomic E-state index is 12.2. The highest BCUT2D eigenvalue weighted by Crippen LogP contribution is 2.36. The van der Waals surface area contributed by atoms with Crippen molar-refractivity contribution < 1.29 is 14.3 Å². The van der Waals surface area contributed by atoms with E-state index in [1.807, 2.05) is 23.6 Å². The highest BCUT2D eigenvalue weighted by atomic mass is 32.1. The van der Waals surface area contributed by atoms with Crippen LogP contribution in [0.1, 0.15) is 26.0 Å². The number of aromatic nitrogens is 1. The molecule has 0 saturated heterocycles. The van der Waals surface area contributed by atoms with Gasteiger partial charge >= 0.3 is 0 Å². The molecule has 0 radical (unpaired) electrons. The van der Waals surface area contributed by atoms with Crippen molar-refractivity contribution in [2.75, 3.05) is 13.3 Å². The fourth-order valence-corrected chi connectivity index (χ4v) is 3.59. The molecule has 1 aliphatic heterocycles. The number of fused-ring (bicyclic) bond motifs is 1. The molecule has 1 aromatic carbocycles. The maximum absolute atomic E-state index is 12.2. The van der Waals surface area contributed by atoms with E-state index in [-0.39, 0.29) is 25.2 Å². The molecule has 2 aromatic rings. The average molecular weight is 361 g/mol. The number of hydrogen-bond donors (Lipinski definition) is 2. The minimum absolute atomic E-state index is 0.0134. The van der Waals surface area contributed by atoms with E-state index in [0.717, 1.165) is 34.2 Å². The lowest BCUT2D eigenvalue weighted by Crippen LogP contribution is -2.41. The molecule has 6 nitrogen and oxygen atoms in total. The zero-order chi connectivity index (χ0) is 17.8. The SMILES string of the molecule is CC(C)CC(CN)NC(=O)Cc1csc(-c2ccc3c(c2)OCO3)n1. The highest BCUT2D eigenvalue weighted by molar-refractivity contribution is 7.13. The molecule has 25 heavy (non-hydrogen) atoms. The number of thiazole rings is 1. The molecule has 0 saturated carbocycles. The van der Waals surface area contributed by atoms with Gasteiger partial charge in [-0.3, -0.25) is 4.79 Å². The Labute approximate surface area is 151 Å². The van der Waals surface area contributed by atoms with Crippen molar-refractivity contribution in [3.8, 4) is 22.1 Å². The summed E-state index contributed by atoms with van der Waals surface area (Å²) < 4.78 is 10.7. The Morgan fingerprint density at radius 2 is 2.16 bits per heavy atom. The summed E-state index contributed by atoms with van der Waals surface area (Å²) in [5.41, 5.74) is 7.46. The summed E-state index contributed by atoms with van der Waals surface area (Å²) in [7, 11) is 0. The molecule has 1 aromatic heterocycles. The van der Waals surface area contributed by atoms with Crippen molar-refractivity contribution in [1.29, 1.82) is 0 Å². The van der Waals surface area contributed by atoms with Gasteiger partial charge in [-0.15, -0.1) is 11.3 Å². The summed E-state index contributed by atoms with van der Waals surface area (Å²) in [6.07, 6.45) is 1.14. The number of carbonyl (C=O) groups excluding carboxylic acids is 1. The number of benzene rings is 1. The summed E-state index contributed by atoms with van der Waals surface area (Å²) in [5, 5.41) is 5.77. The molecule has 7 heteroatoms. The van der Waals surface area contributed by atoms with Crippen molar-refractivity contribution in [2.45, 2.75) is 32.7 Å². The predicted molar refractivity (Wildman–Crippen MR) is 97.8 cm³/mol. The van der Waals surface area contributed by atoms with Gasteiger partial charge in [-0.1, -0.05) is 13.8 Å². The molecule has 1 atom stereocenters. The molecule has 0 spiro atoms. The van der Waals surface area contributed by atoms with Crippen LogP contribution in [0.25, 0.3) is 10.6 Å². The standard InChI is InChI=1S/C18H23N3O3S/c1-11(2)5-13(8-19)20-17(22)7-14-9-25-18(21-14)12-3-4-15-16(6-12)24-10-23-15/h3-4,6,9,11,13H,5,7-8,10,19H2,1-2H3,(H,20,22). The van der Waals surface area contributed by atoms with E-state index in [0.29, 0.717) is 12.5 Å². The van der Waals surface area contributed by atoms with E-state index in [2.05, 4.69) is 24.1 Å². The molecule has 0 bridgehead atoms. The lowest BCUT2D eigenvalue weighted by atomic mass is 10.0. The Bertz CT molecular complexity index is 745. The third-order valence-electron chi connectivity index (χ3n) is 3.92. The van der Waals surface area contributed by atoms with E-state index >= 15 is 0 Å². The molecule has 134 valence electrons. The molecular weight excluding hydrogens is 338 g/mol. The number of hydrogen-bond acceptors (Lipinski definition) is 6. The van der Waals surface area contributed by atoms with Gasteiger partial charge in [0.25, 0.3) is 0 Å². The van der Waals surface area contributed by atoms with Gasteiger partial charge in [0.2, 0.25) is 12.7 Å². The second kappa shape index (κ2) is 7.84. The van der Waals surface area contributed by atoms with E-state index < -0.39 is 0 Å². The smallest absolute Gasteiger partial charge is 0.231 e. The fraction of sp³-hybridized carbons (Fsp3) is 0.444. The van der Waals surface area contributed by atoms with Gasteiger partial charge in [0, 0.05) is 23.5 Å². The molecule has 2 heterocycles. The minimum atomic E-state index is -0.0429. The average Bonchev–Trinajstić information content (AvgIpc) is 3.21. The quantitative estimate of drug-likeness (QED) is 0.791. The third-order valence-corrected chi connectivity index (χ3v) is 4.86. The van der Waals surface area contributed by atoms with Crippen LogP contribution in [0.4, 0.5) is 0 Å². The molecule has 0 fully saturated rings. The normalized spacial score (nSPS) is 13.9. The van der Waals surface area contributed by atoms with E-state index in [9.17, 15) is 4.79 Å². The zero-order valence-corrected chi connectivity index (χ0v) is 15.3. The topological polar surface area (TPSA) is 86.5 Å². The molecular formula is C18H23N3O3S.